The van der Waals surface area contributed by atoms with E-state index in [9.17, 15) is 14.9 Å². The Morgan fingerprint density at radius 1 is 1.33 bits per heavy atom. The van der Waals surface area contributed by atoms with Gasteiger partial charge in [0.25, 0.3) is 5.69 Å². The minimum atomic E-state index is -0.432. The molecule has 0 heterocycles. The van der Waals surface area contributed by atoms with Gasteiger partial charge in [-0.25, -0.2) is 0 Å². The molecule has 1 unspecified atom stereocenters. The van der Waals surface area contributed by atoms with E-state index in [1.165, 1.54) is 12.1 Å². The minimum Gasteiger partial charge on any atom is -0.305 e. The summed E-state index contributed by atoms with van der Waals surface area (Å²) in [6.07, 6.45) is 0.547. The van der Waals surface area contributed by atoms with Crippen LogP contribution in [0.4, 0.5) is 5.69 Å². The largest absolute Gasteiger partial charge is 0.305 e. The van der Waals surface area contributed by atoms with E-state index in [0.29, 0.717) is 6.42 Å². The second kappa shape index (κ2) is 6.26. The Morgan fingerprint density at radius 2 is 1.89 bits per heavy atom. The summed E-state index contributed by atoms with van der Waals surface area (Å²) in [6, 6.07) is 6.28. The lowest BCUT2D eigenvalue weighted by molar-refractivity contribution is -0.384. The van der Waals surface area contributed by atoms with Gasteiger partial charge in [0.15, 0.2) is 0 Å². The maximum absolute atomic E-state index is 11.5. The molecule has 0 aliphatic heterocycles. The highest BCUT2D eigenvalue weighted by Crippen LogP contribution is 2.13. The lowest BCUT2D eigenvalue weighted by Gasteiger charge is -2.18. The number of benzene rings is 1. The number of carbonyl (C=O) groups is 1. The molecule has 0 aliphatic rings. The number of nitrogens with one attached hydrogen (secondary N) is 1. The van der Waals surface area contributed by atoms with Crippen molar-refractivity contribution in [1.82, 2.24) is 5.32 Å². The van der Waals surface area contributed by atoms with Gasteiger partial charge >= 0.3 is 0 Å². The first-order valence-corrected chi connectivity index (χ1v) is 5.90. The van der Waals surface area contributed by atoms with E-state index in [2.05, 4.69) is 5.32 Å². The van der Waals surface area contributed by atoms with Gasteiger partial charge in [-0.3, -0.25) is 14.9 Å². The summed E-state index contributed by atoms with van der Waals surface area (Å²) < 4.78 is 0. The molecule has 0 bridgehead atoms. The zero-order valence-electron chi connectivity index (χ0n) is 10.8. The molecule has 0 radical (unpaired) electrons. The van der Waals surface area contributed by atoms with Crippen LogP contribution in [0.25, 0.3) is 0 Å². The Morgan fingerprint density at radius 3 is 2.28 bits per heavy atom. The van der Waals surface area contributed by atoms with Crippen molar-refractivity contribution in [1.29, 1.82) is 0 Å². The van der Waals surface area contributed by atoms with Crippen molar-refractivity contribution >= 4 is 11.5 Å². The molecule has 0 fully saturated rings. The maximum atomic E-state index is 11.5. The van der Waals surface area contributed by atoms with Crippen LogP contribution in [0.5, 0.6) is 0 Å². The normalized spacial score (nSPS) is 12.4. The standard InChI is InChI=1S/C13H18N2O3/c1-9(2)14-13(10(3)16)8-11-4-6-12(7-5-11)15(17)18/h4-7,9,13-14H,8H2,1-3H3. The third-order valence-electron chi connectivity index (χ3n) is 2.61. The van der Waals surface area contributed by atoms with E-state index >= 15 is 0 Å². The number of nitro benzene ring substituents is 1. The van der Waals surface area contributed by atoms with Crippen molar-refractivity contribution in [3.05, 3.63) is 39.9 Å². The van der Waals surface area contributed by atoms with Crippen molar-refractivity contribution in [3.63, 3.8) is 0 Å². The van der Waals surface area contributed by atoms with E-state index < -0.39 is 4.92 Å². The molecule has 98 valence electrons. The number of rotatable bonds is 6. The number of nitrogens with zero attached hydrogens (tertiary/aromatic N) is 1. The third-order valence-corrected chi connectivity index (χ3v) is 2.61. The van der Waals surface area contributed by atoms with Crippen LogP contribution in [0, 0.1) is 10.1 Å². The summed E-state index contributed by atoms with van der Waals surface area (Å²) in [4.78, 5) is 21.6. The summed E-state index contributed by atoms with van der Waals surface area (Å²) in [6.45, 7) is 5.50. The SMILES string of the molecule is CC(=O)C(Cc1ccc([N+](=O)[O-])cc1)NC(C)C. The molecule has 0 spiro atoms. The van der Waals surface area contributed by atoms with Crippen LogP contribution in [-0.4, -0.2) is 22.8 Å². The summed E-state index contributed by atoms with van der Waals surface area (Å²) >= 11 is 0. The average Bonchev–Trinajstić information content (AvgIpc) is 2.28. The maximum Gasteiger partial charge on any atom is 0.269 e. The lowest BCUT2D eigenvalue weighted by Crippen LogP contribution is -2.41. The molecule has 0 saturated carbocycles. The summed E-state index contributed by atoms with van der Waals surface area (Å²) in [5.74, 6) is 0.0713. The van der Waals surface area contributed by atoms with Crippen LogP contribution >= 0.6 is 0 Å². The van der Waals surface area contributed by atoms with Crippen molar-refractivity contribution < 1.29 is 9.72 Å². The van der Waals surface area contributed by atoms with Crippen LogP contribution < -0.4 is 5.32 Å². The predicted molar refractivity (Wildman–Crippen MR) is 69.5 cm³/mol. The fourth-order valence-corrected chi connectivity index (χ4v) is 1.71. The number of nitro groups is 1. The molecule has 0 aromatic heterocycles. The molecular formula is C13H18N2O3. The Hall–Kier alpha value is -1.75. The number of hydrogen-bond donors (Lipinski definition) is 1. The summed E-state index contributed by atoms with van der Waals surface area (Å²) in [5.41, 5.74) is 0.976. The number of ketones is 1. The number of Topliss-reactive ketones (excluding diaryl/α,β-unsaturated/α-hetero) is 1. The van der Waals surface area contributed by atoms with Gasteiger partial charge in [-0.05, 0) is 18.9 Å². The molecule has 18 heavy (non-hydrogen) atoms. The summed E-state index contributed by atoms with van der Waals surface area (Å²) in [7, 11) is 0. The highest BCUT2D eigenvalue weighted by Gasteiger charge is 2.16. The van der Waals surface area contributed by atoms with Crippen LogP contribution in [0.3, 0.4) is 0 Å². The fraction of sp³-hybridized carbons (Fsp3) is 0.462. The Labute approximate surface area is 106 Å². The monoisotopic (exact) mass is 250 g/mol. The first-order valence-electron chi connectivity index (χ1n) is 5.90. The Bertz CT molecular complexity index is 426. The molecular weight excluding hydrogens is 232 g/mol. The van der Waals surface area contributed by atoms with E-state index in [-0.39, 0.29) is 23.6 Å². The molecule has 1 atom stereocenters. The average molecular weight is 250 g/mol. The van der Waals surface area contributed by atoms with Crippen molar-refractivity contribution in [2.24, 2.45) is 0 Å². The number of hydrogen-bond acceptors (Lipinski definition) is 4. The first-order chi connectivity index (χ1) is 8.40. The first kappa shape index (κ1) is 14.3. The smallest absolute Gasteiger partial charge is 0.269 e. The zero-order chi connectivity index (χ0) is 13.7. The second-order valence-electron chi connectivity index (χ2n) is 4.61. The molecule has 0 saturated heterocycles. The lowest BCUT2D eigenvalue weighted by atomic mass is 10.0. The van der Waals surface area contributed by atoms with Crippen LogP contribution in [0.1, 0.15) is 26.3 Å². The van der Waals surface area contributed by atoms with Gasteiger partial charge in [-0.1, -0.05) is 26.0 Å². The molecule has 0 aliphatic carbocycles. The van der Waals surface area contributed by atoms with Crippen molar-refractivity contribution in [2.45, 2.75) is 39.3 Å². The Balaban J connectivity index is 2.75. The minimum absolute atomic E-state index is 0.0648. The van der Waals surface area contributed by atoms with Crippen LogP contribution in [-0.2, 0) is 11.2 Å². The number of carbonyl (C=O) groups excluding carboxylic acids is 1. The van der Waals surface area contributed by atoms with Gasteiger partial charge < -0.3 is 5.32 Å². The molecule has 1 N–H and O–H groups in total. The fourth-order valence-electron chi connectivity index (χ4n) is 1.71. The van der Waals surface area contributed by atoms with E-state index in [0.717, 1.165) is 5.56 Å². The third kappa shape index (κ3) is 4.25. The van der Waals surface area contributed by atoms with Crippen molar-refractivity contribution in [3.8, 4) is 0 Å². The molecule has 5 nitrogen and oxygen atoms in total. The topological polar surface area (TPSA) is 72.2 Å². The van der Waals surface area contributed by atoms with Crippen LogP contribution in [0.15, 0.2) is 24.3 Å². The van der Waals surface area contributed by atoms with Gasteiger partial charge in [0, 0.05) is 18.2 Å². The molecule has 1 rings (SSSR count). The molecule has 1 aromatic carbocycles. The highest BCUT2D eigenvalue weighted by atomic mass is 16.6. The Kier molecular flexibility index (Phi) is 4.97. The highest BCUT2D eigenvalue weighted by molar-refractivity contribution is 5.81. The second-order valence-corrected chi connectivity index (χ2v) is 4.61. The quantitative estimate of drug-likeness (QED) is 0.620. The van der Waals surface area contributed by atoms with Gasteiger partial charge in [0.2, 0.25) is 0 Å². The summed E-state index contributed by atoms with van der Waals surface area (Å²) in [5, 5.41) is 13.7. The van der Waals surface area contributed by atoms with Gasteiger partial charge in [0.05, 0.1) is 11.0 Å². The van der Waals surface area contributed by atoms with Crippen LogP contribution in [0.2, 0.25) is 0 Å². The number of non-ortho nitro benzene ring substituents is 1. The van der Waals surface area contributed by atoms with Gasteiger partial charge in [0.1, 0.15) is 5.78 Å². The van der Waals surface area contributed by atoms with Gasteiger partial charge in [-0.15, -0.1) is 0 Å². The molecule has 5 heteroatoms. The zero-order valence-corrected chi connectivity index (χ0v) is 10.8. The van der Waals surface area contributed by atoms with Gasteiger partial charge in [-0.2, -0.15) is 0 Å². The van der Waals surface area contributed by atoms with E-state index in [1.54, 1.807) is 19.1 Å². The molecule has 1 aromatic rings. The predicted octanol–water partition coefficient (Wildman–Crippen LogP) is 2.09. The van der Waals surface area contributed by atoms with E-state index in [1.807, 2.05) is 13.8 Å². The van der Waals surface area contributed by atoms with E-state index in [4.69, 9.17) is 0 Å². The molecule has 0 amide bonds. The van der Waals surface area contributed by atoms with Crippen molar-refractivity contribution in [2.75, 3.05) is 0 Å².